The van der Waals surface area contributed by atoms with E-state index in [1.54, 1.807) is 30.7 Å². The summed E-state index contributed by atoms with van der Waals surface area (Å²) in [6.07, 6.45) is 14.4. The van der Waals surface area contributed by atoms with Crippen molar-refractivity contribution >= 4 is 29.8 Å². The molecule has 7 aliphatic rings. The number of carbonyl (C=O) groups is 4. The number of carbonyl (C=O) groups excluding carboxylic acids is 4. The van der Waals surface area contributed by atoms with Gasteiger partial charge in [-0.2, -0.15) is 5.06 Å². The Morgan fingerprint density at radius 3 is 2.38 bits per heavy atom. The Morgan fingerprint density at radius 2 is 1.70 bits per heavy atom. The molecule has 14 nitrogen and oxygen atoms in total. The van der Waals surface area contributed by atoms with Crippen LogP contribution in [0.2, 0.25) is 0 Å². The van der Waals surface area contributed by atoms with E-state index in [9.17, 15) is 19.5 Å². The van der Waals surface area contributed by atoms with E-state index >= 15 is 4.79 Å². The average molecular weight is 878 g/mol. The highest BCUT2D eigenvalue weighted by atomic mass is 16.8. The van der Waals surface area contributed by atoms with E-state index in [4.69, 9.17) is 28.5 Å². The van der Waals surface area contributed by atoms with Gasteiger partial charge < -0.3 is 39.0 Å². The van der Waals surface area contributed by atoms with Gasteiger partial charge in [-0.25, -0.2) is 0 Å². The Balaban J connectivity index is 1.05. The number of benzene rings is 1. The molecule has 5 saturated heterocycles. The molecule has 1 aromatic rings. The van der Waals surface area contributed by atoms with Crippen LogP contribution in [-0.4, -0.2) is 118 Å². The third-order valence-corrected chi connectivity index (χ3v) is 14.4. The maximum absolute atomic E-state index is 15.6. The molecule has 7 fully saturated rings. The van der Waals surface area contributed by atoms with Crippen molar-refractivity contribution < 1.29 is 52.8 Å². The number of epoxide rings is 1. The maximum atomic E-state index is 15.6. The monoisotopic (exact) mass is 878 g/mol. The van der Waals surface area contributed by atoms with Gasteiger partial charge in [-0.05, 0) is 89.2 Å². The number of rotatable bonds is 19. The molecule has 11 atom stereocenters. The quantitative estimate of drug-likeness (QED) is 0.0907. The van der Waals surface area contributed by atoms with Crippen LogP contribution in [0.3, 0.4) is 0 Å². The molecule has 2 amide bonds. The number of aliphatic hydroxyl groups excluding tert-OH is 1. The molecule has 3 unspecified atom stereocenters. The van der Waals surface area contributed by atoms with Crippen molar-refractivity contribution in [3.63, 3.8) is 0 Å². The summed E-state index contributed by atoms with van der Waals surface area (Å²) in [7, 11) is 0. The molecule has 63 heavy (non-hydrogen) atoms. The maximum Gasteiger partial charge on any atom is 0.327 e. The largest absolute Gasteiger partial charge is 0.460 e. The van der Waals surface area contributed by atoms with Crippen molar-refractivity contribution in [3.05, 3.63) is 41.5 Å². The topological polar surface area (TPSA) is 166 Å². The van der Waals surface area contributed by atoms with Crippen LogP contribution >= 0.6 is 0 Å². The Hall–Kier alpha value is -3.40. The van der Waals surface area contributed by atoms with Crippen LogP contribution in [0.4, 0.5) is 0 Å². The first-order chi connectivity index (χ1) is 30.3. The Kier molecular flexibility index (Phi) is 14.1. The van der Waals surface area contributed by atoms with Gasteiger partial charge in [0.2, 0.25) is 11.8 Å². The van der Waals surface area contributed by atoms with E-state index < -0.39 is 77.2 Å². The number of aliphatic hydroxyl groups is 1. The second-order valence-electron chi connectivity index (χ2n) is 20.3. The van der Waals surface area contributed by atoms with Crippen LogP contribution in [0, 0.1) is 11.3 Å². The molecule has 5 aliphatic heterocycles. The molecular formula is C49H71N3O11. The van der Waals surface area contributed by atoms with Crippen molar-refractivity contribution in [1.82, 2.24) is 15.3 Å². The molecule has 2 aliphatic carbocycles. The fraction of sp³-hybridized carbons (Fsp3) is 0.755. The van der Waals surface area contributed by atoms with Gasteiger partial charge in [0.15, 0.2) is 11.8 Å². The van der Waals surface area contributed by atoms with Crippen molar-refractivity contribution in [2.24, 2.45) is 11.3 Å². The predicted molar refractivity (Wildman–Crippen MR) is 232 cm³/mol. The average Bonchev–Trinajstić information content (AvgIpc) is 3.51. The zero-order chi connectivity index (χ0) is 44.5. The number of amides is 2. The minimum Gasteiger partial charge on any atom is -0.460 e. The molecular weight excluding hydrogens is 807 g/mol. The number of likely N-dealkylation sites (tertiary alicyclic amines) is 1. The molecule has 8 rings (SSSR count). The number of nitrogens with zero attached hydrogens (tertiary/aromatic N) is 2. The van der Waals surface area contributed by atoms with Crippen LogP contribution in [0.5, 0.6) is 0 Å². The van der Waals surface area contributed by atoms with Gasteiger partial charge in [-0.15, -0.1) is 0 Å². The van der Waals surface area contributed by atoms with Gasteiger partial charge >= 0.3 is 11.9 Å². The van der Waals surface area contributed by atoms with Crippen LogP contribution in [0.1, 0.15) is 148 Å². The normalized spacial score (nSPS) is 33.5. The lowest BCUT2D eigenvalue weighted by molar-refractivity contribution is -0.225. The Bertz CT molecular complexity index is 1820. The SMILES string of the molecule is CCCCCC1(CCCCC)O[C@@H]2[C@H](O1)[C@H]1ON(Cc3ccc(C=CC4CCC5OC5C4)cc3)[C@@H]3C(=O)O[C@@H]2C[C@]13C(=O)N1CCC[C@@H]1C(=O)N[C@H](CO)CCC(=O)OC(C)(C)C. The van der Waals surface area contributed by atoms with E-state index in [-0.39, 0.29) is 38.3 Å². The molecule has 5 heterocycles. The number of hydrogen-bond acceptors (Lipinski definition) is 12. The van der Waals surface area contributed by atoms with E-state index in [0.717, 1.165) is 68.9 Å². The molecule has 0 spiro atoms. The summed E-state index contributed by atoms with van der Waals surface area (Å²) in [5.74, 6) is -2.11. The molecule has 2 N–H and O–H groups in total. The highest BCUT2D eigenvalue weighted by molar-refractivity contribution is 5.96. The van der Waals surface area contributed by atoms with Crippen LogP contribution in [0.15, 0.2) is 30.3 Å². The smallest absolute Gasteiger partial charge is 0.327 e. The van der Waals surface area contributed by atoms with E-state index in [2.05, 4.69) is 43.4 Å². The number of allylic oxidation sites excluding steroid dienone is 1. The molecule has 1 aromatic carbocycles. The summed E-state index contributed by atoms with van der Waals surface area (Å²) < 4.78 is 31.5. The van der Waals surface area contributed by atoms with Crippen molar-refractivity contribution in [1.29, 1.82) is 0 Å². The van der Waals surface area contributed by atoms with Crippen LogP contribution < -0.4 is 5.32 Å². The lowest BCUT2D eigenvalue weighted by Gasteiger charge is -2.50. The molecule has 0 radical (unpaired) electrons. The van der Waals surface area contributed by atoms with Gasteiger partial charge in [0, 0.05) is 32.2 Å². The molecule has 2 saturated carbocycles. The Labute approximate surface area is 373 Å². The highest BCUT2D eigenvalue weighted by Gasteiger charge is 2.77. The van der Waals surface area contributed by atoms with E-state index in [0.29, 0.717) is 50.4 Å². The van der Waals surface area contributed by atoms with Crippen molar-refractivity contribution in [3.8, 4) is 0 Å². The summed E-state index contributed by atoms with van der Waals surface area (Å²) in [6.45, 7) is 9.84. The van der Waals surface area contributed by atoms with Crippen LogP contribution in [0.25, 0.3) is 6.08 Å². The third kappa shape index (κ3) is 9.92. The molecule has 14 heteroatoms. The fourth-order valence-electron chi connectivity index (χ4n) is 11.2. The summed E-state index contributed by atoms with van der Waals surface area (Å²) >= 11 is 0. The highest BCUT2D eigenvalue weighted by Crippen LogP contribution is 2.59. The standard InChI is InChI=1S/C49H71N3O11/c1-6-8-10-24-48(25-11-9-7-2)61-40-38-28-49(46(57)51-26-12-13-35(51)44(55)50-34(30-53)21-23-39(54)60-47(3,4)5)42(45(56)59-38)52(63-43(49)41(40)62-48)29-33-18-15-31(16-19-33)14-17-32-20-22-36-37(27-32)58-36/h14-19,32,34-38,40-43,53H,6-13,20-30H2,1-5H3,(H,50,55)/t32?,34-,35+,36?,37?,38+,40-,41-,42+,43+,49+/m0/s1. The number of ether oxygens (including phenoxy) is 5. The lowest BCUT2D eigenvalue weighted by atomic mass is 9.62. The van der Waals surface area contributed by atoms with Gasteiger partial charge in [-0.3, -0.25) is 24.0 Å². The van der Waals surface area contributed by atoms with Crippen LogP contribution in [-0.2, 0) is 54.2 Å². The number of nitrogens with one attached hydrogen (secondary N) is 1. The minimum absolute atomic E-state index is 0.0126. The van der Waals surface area contributed by atoms with Gasteiger partial charge in [0.25, 0.3) is 0 Å². The van der Waals surface area contributed by atoms with Gasteiger partial charge in [0.1, 0.15) is 41.5 Å². The van der Waals surface area contributed by atoms with E-state index in [1.165, 1.54) is 0 Å². The predicted octanol–water partition coefficient (Wildman–Crippen LogP) is 6.30. The number of fused-ring (bicyclic) bond motifs is 5. The zero-order valence-electron chi connectivity index (χ0n) is 38.1. The number of esters is 2. The third-order valence-electron chi connectivity index (χ3n) is 14.4. The lowest BCUT2D eigenvalue weighted by Crippen LogP contribution is -2.70. The first kappa shape index (κ1) is 46.1. The van der Waals surface area contributed by atoms with Gasteiger partial charge in [-0.1, -0.05) is 75.9 Å². The van der Waals surface area contributed by atoms with E-state index in [1.807, 2.05) is 12.1 Å². The Morgan fingerprint density at radius 1 is 0.968 bits per heavy atom. The second-order valence-corrected chi connectivity index (χ2v) is 20.3. The van der Waals surface area contributed by atoms with Crippen molar-refractivity contribution in [2.75, 3.05) is 13.2 Å². The fourth-order valence-corrected chi connectivity index (χ4v) is 11.2. The summed E-state index contributed by atoms with van der Waals surface area (Å²) in [5, 5.41) is 14.8. The summed E-state index contributed by atoms with van der Waals surface area (Å²) in [5.41, 5.74) is -0.0936. The number of unbranched alkanes of at least 4 members (excludes halogenated alkanes) is 4. The molecule has 348 valence electrons. The number of hydroxylamine groups is 2. The molecule has 2 bridgehead atoms. The zero-order valence-corrected chi connectivity index (χ0v) is 38.1. The summed E-state index contributed by atoms with van der Waals surface area (Å²) in [4.78, 5) is 65.2. The number of hydrogen-bond donors (Lipinski definition) is 2. The first-order valence-corrected chi connectivity index (χ1v) is 24.1. The van der Waals surface area contributed by atoms with Crippen molar-refractivity contribution in [2.45, 2.75) is 210 Å². The molecule has 0 aromatic heterocycles. The first-order valence-electron chi connectivity index (χ1n) is 24.1. The second kappa shape index (κ2) is 19.2. The summed E-state index contributed by atoms with van der Waals surface area (Å²) in [6, 6.07) is 5.54. The van der Waals surface area contributed by atoms with Gasteiger partial charge in [0.05, 0.1) is 31.4 Å². The minimum atomic E-state index is -1.42.